The van der Waals surface area contributed by atoms with Gasteiger partial charge in [0.25, 0.3) is 0 Å². The second-order valence-electron chi connectivity index (χ2n) is 11.1. The fourth-order valence-electron chi connectivity index (χ4n) is 4.63. The zero-order valence-electron chi connectivity index (χ0n) is 24.6. The monoisotopic (exact) mass is 540 g/mol. The van der Waals surface area contributed by atoms with Crippen molar-refractivity contribution in [2.75, 3.05) is 18.0 Å². The molecule has 40 heavy (non-hydrogen) atoms. The Kier molecular flexibility index (Phi) is 8.62. The van der Waals surface area contributed by atoms with Gasteiger partial charge < -0.3 is 14.7 Å². The number of phenols is 1. The number of carbonyl (C=O) groups excluding carboxylic acids is 1. The Morgan fingerprint density at radius 1 is 1.02 bits per heavy atom. The number of benzene rings is 3. The van der Waals surface area contributed by atoms with Crippen LogP contribution in [0.4, 0.5) is 5.69 Å². The lowest BCUT2D eigenvalue weighted by Crippen LogP contribution is -2.21. The Bertz CT molecular complexity index is 1490. The van der Waals surface area contributed by atoms with Crippen molar-refractivity contribution in [2.24, 2.45) is 0 Å². The van der Waals surface area contributed by atoms with Gasteiger partial charge in [0.15, 0.2) is 5.75 Å². The second kappa shape index (κ2) is 11.9. The first-order valence-electron chi connectivity index (χ1n) is 14.0. The van der Waals surface area contributed by atoms with Crippen LogP contribution in [-0.2, 0) is 10.2 Å². The molecule has 210 valence electrons. The van der Waals surface area contributed by atoms with Crippen LogP contribution in [0.2, 0.25) is 0 Å². The van der Waals surface area contributed by atoms with Gasteiger partial charge in [-0.3, -0.25) is 0 Å². The number of carbonyl (C=O) groups is 1. The number of ether oxygens (including phenoxy) is 1. The Morgan fingerprint density at radius 3 is 2.23 bits per heavy atom. The number of anilines is 1. The van der Waals surface area contributed by atoms with Crippen molar-refractivity contribution in [1.29, 1.82) is 0 Å². The molecule has 0 fully saturated rings. The van der Waals surface area contributed by atoms with Crippen molar-refractivity contribution >= 4 is 28.8 Å². The number of rotatable bonds is 9. The first-order valence-corrected chi connectivity index (χ1v) is 14.0. The van der Waals surface area contributed by atoms with E-state index in [1.54, 1.807) is 23.0 Å². The molecule has 3 aromatic carbocycles. The molecule has 1 heterocycles. The van der Waals surface area contributed by atoms with E-state index in [2.05, 4.69) is 59.4 Å². The minimum Gasteiger partial charge on any atom is -0.507 e. The van der Waals surface area contributed by atoms with Gasteiger partial charge in [0.1, 0.15) is 22.5 Å². The lowest BCUT2D eigenvalue weighted by atomic mass is 9.83. The van der Waals surface area contributed by atoms with Crippen molar-refractivity contribution in [3.63, 3.8) is 0 Å². The van der Waals surface area contributed by atoms with Crippen molar-refractivity contribution < 1.29 is 14.6 Å². The maximum atomic E-state index is 13.2. The quantitative estimate of drug-likeness (QED) is 0.135. The second-order valence-corrected chi connectivity index (χ2v) is 11.1. The third-order valence-electron chi connectivity index (χ3n) is 7.35. The van der Waals surface area contributed by atoms with Crippen LogP contribution in [0.25, 0.3) is 22.8 Å². The first-order chi connectivity index (χ1) is 19.0. The molecular weight excluding hydrogens is 500 g/mol. The summed E-state index contributed by atoms with van der Waals surface area (Å²) in [4.78, 5) is 16.9. The van der Waals surface area contributed by atoms with Crippen LogP contribution in [0.1, 0.15) is 77.5 Å². The summed E-state index contributed by atoms with van der Waals surface area (Å²) in [7, 11) is 0. The van der Waals surface area contributed by atoms with Crippen LogP contribution in [0.15, 0.2) is 60.7 Å². The van der Waals surface area contributed by atoms with Gasteiger partial charge >= 0.3 is 5.97 Å². The lowest BCUT2D eigenvalue weighted by Gasteiger charge is -2.25. The number of aromatic hydroxyl groups is 1. The first kappa shape index (κ1) is 28.9. The van der Waals surface area contributed by atoms with E-state index in [-0.39, 0.29) is 17.1 Å². The van der Waals surface area contributed by atoms with Crippen LogP contribution < -0.4 is 9.64 Å². The number of fused-ring (bicyclic) bond motifs is 1. The Hall–Kier alpha value is -4.13. The molecule has 1 atom stereocenters. The number of aromatic nitrogens is 3. The van der Waals surface area contributed by atoms with E-state index in [1.807, 2.05) is 36.4 Å². The maximum absolute atomic E-state index is 13.2. The van der Waals surface area contributed by atoms with Crippen molar-refractivity contribution in [2.45, 2.75) is 66.2 Å². The number of esters is 1. The molecule has 4 rings (SSSR count). The summed E-state index contributed by atoms with van der Waals surface area (Å²) < 4.78 is 6.06. The zero-order valence-corrected chi connectivity index (χ0v) is 24.6. The number of hydrogen-bond donors (Lipinski definition) is 1. The van der Waals surface area contributed by atoms with Gasteiger partial charge in [-0.1, -0.05) is 52.8 Å². The van der Waals surface area contributed by atoms with Crippen LogP contribution in [-0.4, -0.2) is 39.2 Å². The number of phenolic OH excluding ortho intramolecular Hbond substituents is 1. The van der Waals surface area contributed by atoms with E-state index in [4.69, 9.17) is 14.9 Å². The van der Waals surface area contributed by atoms with Gasteiger partial charge in [-0.2, -0.15) is 0 Å². The Morgan fingerprint density at radius 2 is 1.68 bits per heavy atom. The van der Waals surface area contributed by atoms with Crippen LogP contribution in [0, 0.1) is 0 Å². The molecule has 0 saturated heterocycles. The minimum absolute atomic E-state index is 0.108. The molecule has 1 unspecified atom stereocenters. The van der Waals surface area contributed by atoms with Gasteiger partial charge in [-0.15, -0.1) is 15.0 Å². The molecule has 1 N–H and O–H groups in total. The summed E-state index contributed by atoms with van der Waals surface area (Å²) in [5.74, 6) is 0.141. The third-order valence-corrected chi connectivity index (χ3v) is 7.35. The molecule has 0 bridgehead atoms. The summed E-state index contributed by atoms with van der Waals surface area (Å²) in [6, 6.07) is 17.3. The molecule has 0 radical (unpaired) electrons. The van der Waals surface area contributed by atoms with Gasteiger partial charge in [0, 0.05) is 42.0 Å². The summed E-state index contributed by atoms with van der Waals surface area (Å²) in [6.07, 6.45) is 3.80. The van der Waals surface area contributed by atoms with Crippen molar-refractivity contribution in [3.05, 3.63) is 77.4 Å². The van der Waals surface area contributed by atoms with Gasteiger partial charge in [0.05, 0.1) is 0 Å². The smallest absolute Gasteiger partial charge is 0.336 e. The Labute approximate surface area is 237 Å². The minimum atomic E-state index is -0.543. The van der Waals surface area contributed by atoms with E-state index < -0.39 is 5.97 Å². The molecule has 0 aliphatic heterocycles. The topological polar surface area (TPSA) is 80.5 Å². The highest BCUT2D eigenvalue weighted by Gasteiger charge is 2.25. The van der Waals surface area contributed by atoms with Crippen LogP contribution in [0.3, 0.4) is 0 Å². The van der Waals surface area contributed by atoms with E-state index in [1.165, 1.54) is 6.08 Å². The summed E-state index contributed by atoms with van der Waals surface area (Å²) >= 11 is 0. The lowest BCUT2D eigenvalue weighted by molar-refractivity contribution is -0.128. The molecule has 1 aromatic heterocycles. The van der Waals surface area contributed by atoms with Gasteiger partial charge in [-0.05, 0) is 73.6 Å². The molecule has 0 aliphatic carbocycles. The van der Waals surface area contributed by atoms with E-state index >= 15 is 0 Å². The molecule has 4 aromatic rings. The average Bonchev–Trinajstić information content (AvgIpc) is 3.36. The highest BCUT2D eigenvalue weighted by atomic mass is 16.5. The molecule has 7 heteroatoms. The Balaban J connectivity index is 1.75. The van der Waals surface area contributed by atoms with Crippen molar-refractivity contribution in [3.8, 4) is 17.2 Å². The standard InChI is InChI=1S/C33H40N4O3/c1-8-22(4)26-19-24(33(5,6)7)20-29(37-34-27-13-11-12-14-28(27)35-37)32(26)40-31(39)18-16-23-15-17-25(21-30(23)38)36(9-2)10-3/h11-22,38H,8-10H2,1-7H3/b18-16+. The molecule has 0 amide bonds. The average molecular weight is 541 g/mol. The highest BCUT2D eigenvalue weighted by molar-refractivity contribution is 5.90. The van der Waals surface area contributed by atoms with E-state index in [9.17, 15) is 9.90 Å². The fraction of sp³-hybridized carbons (Fsp3) is 0.364. The molecule has 7 nitrogen and oxygen atoms in total. The summed E-state index contributed by atoms with van der Waals surface area (Å²) in [6.45, 7) is 16.5. The van der Waals surface area contributed by atoms with Crippen LogP contribution in [0.5, 0.6) is 11.5 Å². The molecular formula is C33H40N4O3. The van der Waals surface area contributed by atoms with Gasteiger partial charge in [-0.25, -0.2) is 4.79 Å². The van der Waals surface area contributed by atoms with Crippen molar-refractivity contribution in [1.82, 2.24) is 15.0 Å². The van der Waals surface area contributed by atoms with E-state index in [0.717, 1.165) is 47.4 Å². The normalized spacial score (nSPS) is 12.7. The van der Waals surface area contributed by atoms with E-state index in [0.29, 0.717) is 17.0 Å². The fourth-order valence-corrected chi connectivity index (χ4v) is 4.63. The largest absolute Gasteiger partial charge is 0.507 e. The van der Waals surface area contributed by atoms with Gasteiger partial charge in [0.2, 0.25) is 0 Å². The molecule has 0 spiro atoms. The summed E-state index contributed by atoms with van der Waals surface area (Å²) in [5.41, 5.74) is 5.51. The third kappa shape index (κ3) is 6.19. The zero-order chi connectivity index (χ0) is 29.0. The molecule has 0 aliphatic rings. The van der Waals surface area contributed by atoms with Crippen LogP contribution >= 0.6 is 0 Å². The predicted molar refractivity (Wildman–Crippen MR) is 163 cm³/mol. The maximum Gasteiger partial charge on any atom is 0.336 e. The number of nitrogens with zero attached hydrogens (tertiary/aromatic N) is 4. The predicted octanol–water partition coefficient (Wildman–Crippen LogP) is 7.40. The molecule has 0 saturated carbocycles. The number of hydrogen-bond acceptors (Lipinski definition) is 6. The summed E-state index contributed by atoms with van der Waals surface area (Å²) in [5, 5.41) is 20.0. The highest BCUT2D eigenvalue weighted by Crippen LogP contribution is 2.39. The SMILES string of the molecule is CCC(C)c1cc(C(C)(C)C)cc(-n2nc3ccccc3n2)c1OC(=O)/C=C/c1ccc(N(CC)CC)cc1O.